The number of hydrogen-bond acceptors (Lipinski definition) is 3. The lowest BCUT2D eigenvalue weighted by Crippen LogP contribution is -2.48. The molecule has 3 atom stereocenters. The zero-order valence-electron chi connectivity index (χ0n) is 12.6. The average Bonchev–Trinajstić information content (AvgIpc) is 2.87. The monoisotopic (exact) mass is 267 g/mol. The van der Waals surface area contributed by atoms with E-state index in [0.717, 1.165) is 38.4 Å². The lowest BCUT2D eigenvalue weighted by atomic mass is 9.94. The Bertz CT molecular complexity index is 290. The fraction of sp³-hybridized carbons (Fsp3) is 0.933. The summed E-state index contributed by atoms with van der Waals surface area (Å²) in [5, 5.41) is 6.77. The predicted octanol–water partition coefficient (Wildman–Crippen LogP) is 1.36. The Labute approximate surface area is 117 Å². The fourth-order valence-corrected chi connectivity index (χ4v) is 3.38. The Balaban J connectivity index is 1.86. The summed E-state index contributed by atoms with van der Waals surface area (Å²) >= 11 is 0. The van der Waals surface area contributed by atoms with Crippen LogP contribution >= 0.6 is 0 Å². The first-order chi connectivity index (χ1) is 9.15. The van der Waals surface area contributed by atoms with E-state index in [1.54, 1.807) is 0 Å². The van der Waals surface area contributed by atoms with Crippen LogP contribution in [0.1, 0.15) is 46.5 Å². The molecular weight excluding hydrogens is 238 g/mol. The summed E-state index contributed by atoms with van der Waals surface area (Å²) in [4.78, 5) is 14.6. The molecule has 0 aromatic heterocycles. The van der Waals surface area contributed by atoms with Gasteiger partial charge in [-0.1, -0.05) is 13.8 Å². The second-order valence-electron chi connectivity index (χ2n) is 6.11. The molecule has 19 heavy (non-hydrogen) atoms. The van der Waals surface area contributed by atoms with Gasteiger partial charge in [0, 0.05) is 25.2 Å². The van der Waals surface area contributed by atoms with Crippen molar-refractivity contribution in [3.63, 3.8) is 0 Å². The molecule has 110 valence electrons. The number of piperidine rings is 1. The third-order valence-electron chi connectivity index (χ3n) is 4.89. The van der Waals surface area contributed by atoms with Gasteiger partial charge in [0.2, 0.25) is 5.91 Å². The summed E-state index contributed by atoms with van der Waals surface area (Å²) in [5.74, 6) is 0.949. The van der Waals surface area contributed by atoms with Crippen molar-refractivity contribution >= 4 is 5.91 Å². The number of nitrogens with one attached hydrogen (secondary N) is 2. The normalized spacial score (nSPS) is 29.3. The molecule has 2 N–H and O–H groups in total. The number of hydrogen-bond donors (Lipinski definition) is 2. The third kappa shape index (κ3) is 3.48. The molecule has 2 aliphatic rings. The number of fused-ring (bicyclic) bond motifs is 1. The second kappa shape index (κ2) is 6.71. The van der Waals surface area contributed by atoms with Crippen molar-refractivity contribution in [3.8, 4) is 0 Å². The highest BCUT2D eigenvalue weighted by molar-refractivity contribution is 5.81. The van der Waals surface area contributed by atoms with E-state index in [0.29, 0.717) is 12.1 Å². The fourth-order valence-electron chi connectivity index (χ4n) is 3.38. The van der Waals surface area contributed by atoms with Gasteiger partial charge in [-0.3, -0.25) is 9.69 Å². The average molecular weight is 267 g/mol. The van der Waals surface area contributed by atoms with Crippen LogP contribution in [-0.2, 0) is 4.79 Å². The van der Waals surface area contributed by atoms with Crippen LogP contribution in [0.4, 0.5) is 0 Å². The van der Waals surface area contributed by atoms with Crippen LogP contribution in [0.5, 0.6) is 0 Å². The van der Waals surface area contributed by atoms with Crippen LogP contribution in [0.15, 0.2) is 0 Å². The van der Waals surface area contributed by atoms with E-state index in [1.807, 2.05) is 0 Å². The maximum atomic E-state index is 12.3. The van der Waals surface area contributed by atoms with E-state index in [4.69, 9.17) is 0 Å². The van der Waals surface area contributed by atoms with Crippen molar-refractivity contribution in [2.45, 2.75) is 64.6 Å². The number of carbonyl (C=O) groups is 1. The zero-order valence-corrected chi connectivity index (χ0v) is 12.6. The van der Waals surface area contributed by atoms with Crippen molar-refractivity contribution < 1.29 is 4.79 Å². The molecular formula is C15H29N3O. The SMILES string of the molecule is CCC(CC)NC(=O)C(C)N1C[C@@H]2CCCN[C@@H]2C1. The molecule has 2 fully saturated rings. The van der Waals surface area contributed by atoms with Gasteiger partial charge in [0.25, 0.3) is 0 Å². The number of likely N-dealkylation sites (tertiary alicyclic amines) is 1. The van der Waals surface area contributed by atoms with E-state index in [2.05, 4.69) is 36.3 Å². The van der Waals surface area contributed by atoms with Gasteiger partial charge >= 0.3 is 0 Å². The molecule has 2 rings (SSSR count). The first-order valence-electron chi connectivity index (χ1n) is 7.93. The standard InChI is InChI=1S/C15H29N3O/c1-4-13(5-2)17-15(19)11(3)18-9-12-7-6-8-16-14(12)10-18/h11-14,16H,4-10H2,1-3H3,(H,17,19)/t11?,12-,14+/m0/s1. The molecule has 1 unspecified atom stereocenters. The molecule has 4 heteroatoms. The van der Waals surface area contributed by atoms with E-state index in [1.165, 1.54) is 12.8 Å². The zero-order chi connectivity index (χ0) is 13.8. The molecule has 4 nitrogen and oxygen atoms in total. The summed E-state index contributed by atoms with van der Waals surface area (Å²) < 4.78 is 0. The molecule has 0 radical (unpaired) electrons. The Morgan fingerprint density at radius 3 is 2.74 bits per heavy atom. The van der Waals surface area contributed by atoms with Gasteiger partial charge in [0.05, 0.1) is 6.04 Å². The first-order valence-corrected chi connectivity index (χ1v) is 7.93. The van der Waals surface area contributed by atoms with Crippen LogP contribution < -0.4 is 10.6 Å². The Morgan fingerprint density at radius 1 is 1.37 bits per heavy atom. The minimum Gasteiger partial charge on any atom is -0.352 e. The van der Waals surface area contributed by atoms with Crippen LogP contribution in [0, 0.1) is 5.92 Å². The molecule has 0 aromatic rings. The van der Waals surface area contributed by atoms with Crippen LogP contribution in [0.25, 0.3) is 0 Å². The predicted molar refractivity (Wildman–Crippen MR) is 78.1 cm³/mol. The van der Waals surface area contributed by atoms with Gasteiger partial charge in [0.1, 0.15) is 0 Å². The number of carbonyl (C=O) groups excluding carboxylic acids is 1. The lowest BCUT2D eigenvalue weighted by Gasteiger charge is -2.25. The number of rotatable bonds is 5. The number of nitrogens with zero attached hydrogens (tertiary/aromatic N) is 1. The highest BCUT2D eigenvalue weighted by atomic mass is 16.2. The van der Waals surface area contributed by atoms with E-state index < -0.39 is 0 Å². The van der Waals surface area contributed by atoms with Gasteiger partial charge in [-0.15, -0.1) is 0 Å². The van der Waals surface area contributed by atoms with Crippen LogP contribution in [0.2, 0.25) is 0 Å². The van der Waals surface area contributed by atoms with Gasteiger partial charge < -0.3 is 10.6 Å². The summed E-state index contributed by atoms with van der Waals surface area (Å²) in [7, 11) is 0. The smallest absolute Gasteiger partial charge is 0.237 e. The molecule has 0 bridgehead atoms. The molecule has 2 saturated heterocycles. The van der Waals surface area contributed by atoms with Gasteiger partial charge in [-0.25, -0.2) is 0 Å². The second-order valence-corrected chi connectivity index (χ2v) is 6.11. The van der Waals surface area contributed by atoms with Crippen molar-refractivity contribution in [2.75, 3.05) is 19.6 Å². The van der Waals surface area contributed by atoms with E-state index in [-0.39, 0.29) is 11.9 Å². The van der Waals surface area contributed by atoms with E-state index in [9.17, 15) is 4.79 Å². The minimum atomic E-state index is 0.00741. The lowest BCUT2D eigenvalue weighted by molar-refractivity contribution is -0.126. The molecule has 0 saturated carbocycles. The van der Waals surface area contributed by atoms with Gasteiger partial charge in [-0.2, -0.15) is 0 Å². The maximum absolute atomic E-state index is 12.3. The maximum Gasteiger partial charge on any atom is 0.237 e. The molecule has 0 aliphatic carbocycles. The third-order valence-corrected chi connectivity index (χ3v) is 4.89. The van der Waals surface area contributed by atoms with Crippen molar-refractivity contribution in [1.82, 2.24) is 15.5 Å². The van der Waals surface area contributed by atoms with Gasteiger partial charge in [-0.05, 0) is 45.1 Å². The van der Waals surface area contributed by atoms with Gasteiger partial charge in [0.15, 0.2) is 0 Å². The molecule has 0 spiro atoms. The summed E-state index contributed by atoms with van der Waals surface area (Å²) in [6.45, 7) is 9.57. The Hall–Kier alpha value is -0.610. The Kier molecular flexibility index (Phi) is 5.22. The van der Waals surface area contributed by atoms with E-state index >= 15 is 0 Å². The summed E-state index contributed by atoms with van der Waals surface area (Å²) in [5.41, 5.74) is 0. The topological polar surface area (TPSA) is 44.4 Å². The highest BCUT2D eigenvalue weighted by Gasteiger charge is 2.37. The van der Waals surface area contributed by atoms with Crippen LogP contribution in [0.3, 0.4) is 0 Å². The first kappa shape index (κ1) is 14.8. The van der Waals surface area contributed by atoms with Crippen molar-refractivity contribution in [2.24, 2.45) is 5.92 Å². The number of amides is 1. The molecule has 0 aromatic carbocycles. The van der Waals surface area contributed by atoms with Crippen molar-refractivity contribution in [3.05, 3.63) is 0 Å². The molecule has 2 aliphatic heterocycles. The quantitative estimate of drug-likeness (QED) is 0.790. The largest absolute Gasteiger partial charge is 0.352 e. The van der Waals surface area contributed by atoms with Crippen LogP contribution in [-0.4, -0.2) is 48.6 Å². The minimum absolute atomic E-state index is 0.00741. The van der Waals surface area contributed by atoms with Crippen molar-refractivity contribution in [1.29, 1.82) is 0 Å². The summed E-state index contributed by atoms with van der Waals surface area (Å²) in [6.07, 6.45) is 4.63. The molecule has 2 heterocycles. The summed E-state index contributed by atoms with van der Waals surface area (Å²) in [6, 6.07) is 0.947. The molecule has 1 amide bonds. The Morgan fingerprint density at radius 2 is 2.11 bits per heavy atom. The highest BCUT2D eigenvalue weighted by Crippen LogP contribution is 2.26.